The van der Waals surface area contributed by atoms with Crippen molar-refractivity contribution < 1.29 is 18.7 Å². The van der Waals surface area contributed by atoms with E-state index in [1.165, 1.54) is 12.1 Å². The van der Waals surface area contributed by atoms with Crippen LogP contribution in [0.5, 0.6) is 5.75 Å². The summed E-state index contributed by atoms with van der Waals surface area (Å²) in [6.45, 7) is 0.639. The number of benzene rings is 2. The number of rotatable bonds is 5. The minimum absolute atomic E-state index is 0.0676. The number of ether oxygens (including phenoxy) is 1. The van der Waals surface area contributed by atoms with Gasteiger partial charge in [-0.25, -0.2) is 4.39 Å². The second-order valence-electron chi connectivity index (χ2n) is 5.93. The first-order chi connectivity index (χ1) is 12.1. The fraction of sp³-hybridized carbons (Fsp3) is 0.263. The van der Waals surface area contributed by atoms with Gasteiger partial charge in [-0.05, 0) is 42.0 Å². The lowest BCUT2D eigenvalue weighted by Gasteiger charge is -2.17. The average Bonchev–Trinajstić information content (AvgIpc) is 3.01. The molecule has 1 unspecified atom stereocenters. The number of anilines is 1. The van der Waals surface area contributed by atoms with Gasteiger partial charge in [0, 0.05) is 25.7 Å². The second-order valence-corrected chi connectivity index (χ2v) is 5.93. The maximum atomic E-state index is 13.1. The van der Waals surface area contributed by atoms with Gasteiger partial charge in [0.2, 0.25) is 11.8 Å². The SMILES string of the molecule is CNC(=O)C1CC(=O)N(c2ccc(OCc3cccc(F)c3)cc2)C1. The Balaban J connectivity index is 1.62. The van der Waals surface area contributed by atoms with Crippen LogP contribution in [-0.2, 0) is 16.2 Å². The van der Waals surface area contributed by atoms with E-state index < -0.39 is 0 Å². The molecule has 2 amide bonds. The van der Waals surface area contributed by atoms with Crippen LogP contribution in [0.3, 0.4) is 0 Å². The van der Waals surface area contributed by atoms with E-state index in [1.54, 1.807) is 48.3 Å². The van der Waals surface area contributed by atoms with Gasteiger partial charge >= 0.3 is 0 Å². The second kappa shape index (κ2) is 7.34. The van der Waals surface area contributed by atoms with E-state index in [0.717, 1.165) is 11.3 Å². The van der Waals surface area contributed by atoms with Crippen LogP contribution in [0.1, 0.15) is 12.0 Å². The molecule has 1 fully saturated rings. The first-order valence-corrected chi connectivity index (χ1v) is 8.06. The van der Waals surface area contributed by atoms with Gasteiger partial charge < -0.3 is 15.0 Å². The maximum absolute atomic E-state index is 13.1. The molecular weight excluding hydrogens is 323 g/mol. The van der Waals surface area contributed by atoms with Crippen molar-refractivity contribution >= 4 is 17.5 Å². The van der Waals surface area contributed by atoms with E-state index in [1.807, 2.05) is 0 Å². The van der Waals surface area contributed by atoms with E-state index in [9.17, 15) is 14.0 Å². The molecule has 1 heterocycles. The summed E-state index contributed by atoms with van der Waals surface area (Å²) >= 11 is 0. The Morgan fingerprint density at radius 2 is 2.04 bits per heavy atom. The molecule has 5 nitrogen and oxygen atoms in total. The van der Waals surface area contributed by atoms with Gasteiger partial charge in [0.1, 0.15) is 18.2 Å². The monoisotopic (exact) mass is 342 g/mol. The average molecular weight is 342 g/mol. The molecule has 1 aliphatic rings. The molecule has 1 N–H and O–H groups in total. The molecule has 0 saturated carbocycles. The van der Waals surface area contributed by atoms with Crippen LogP contribution in [0.2, 0.25) is 0 Å². The minimum atomic E-state index is -0.318. The molecule has 0 bridgehead atoms. The standard InChI is InChI=1S/C19H19FN2O3/c1-21-19(24)14-10-18(23)22(11-14)16-5-7-17(8-6-16)25-12-13-3-2-4-15(20)9-13/h2-9,14H,10-12H2,1H3,(H,21,24). The highest BCUT2D eigenvalue weighted by Crippen LogP contribution is 2.27. The highest BCUT2D eigenvalue weighted by atomic mass is 19.1. The first-order valence-electron chi connectivity index (χ1n) is 8.06. The molecule has 1 aliphatic heterocycles. The van der Waals surface area contributed by atoms with Crippen molar-refractivity contribution in [1.82, 2.24) is 5.32 Å². The van der Waals surface area contributed by atoms with E-state index >= 15 is 0 Å². The molecule has 3 rings (SSSR count). The van der Waals surface area contributed by atoms with Gasteiger partial charge in [-0.15, -0.1) is 0 Å². The zero-order valence-electron chi connectivity index (χ0n) is 13.9. The smallest absolute Gasteiger partial charge is 0.227 e. The number of hydrogen-bond donors (Lipinski definition) is 1. The maximum Gasteiger partial charge on any atom is 0.227 e. The number of nitrogens with zero attached hydrogens (tertiary/aromatic N) is 1. The molecule has 0 spiro atoms. The Morgan fingerprint density at radius 3 is 2.72 bits per heavy atom. The molecule has 130 valence electrons. The van der Waals surface area contributed by atoms with Crippen LogP contribution in [0.4, 0.5) is 10.1 Å². The Kier molecular flexibility index (Phi) is 4.97. The molecule has 25 heavy (non-hydrogen) atoms. The number of amides is 2. The first kappa shape index (κ1) is 17.0. The van der Waals surface area contributed by atoms with E-state index in [2.05, 4.69) is 5.32 Å². The van der Waals surface area contributed by atoms with Gasteiger partial charge in [-0.1, -0.05) is 12.1 Å². The fourth-order valence-corrected chi connectivity index (χ4v) is 2.85. The lowest BCUT2D eigenvalue weighted by molar-refractivity contribution is -0.125. The molecule has 0 aliphatic carbocycles. The van der Waals surface area contributed by atoms with Crippen LogP contribution in [0, 0.1) is 11.7 Å². The Bertz CT molecular complexity index is 776. The van der Waals surface area contributed by atoms with Gasteiger partial charge in [0.05, 0.1) is 5.92 Å². The normalized spacial score (nSPS) is 16.8. The third-order valence-corrected chi connectivity index (χ3v) is 4.19. The van der Waals surface area contributed by atoms with Gasteiger partial charge in [0.25, 0.3) is 0 Å². The quantitative estimate of drug-likeness (QED) is 0.908. The van der Waals surface area contributed by atoms with E-state index in [-0.39, 0.29) is 36.6 Å². The van der Waals surface area contributed by atoms with Crippen molar-refractivity contribution in [3.63, 3.8) is 0 Å². The summed E-state index contributed by atoms with van der Waals surface area (Å²) in [5, 5.41) is 2.58. The van der Waals surface area contributed by atoms with Crippen molar-refractivity contribution in [3.05, 3.63) is 59.9 Å². The number of halogens is 1. The summed E-state index contributed by atoms with van der Waals surface area (Å²) in [5.74, 6) is -0.175. The van der Waals surface area contributed by atoms with Gasteiger partial charge in [-0.3, -0.25) is 9.59 Å². The largest absolute Gasteiger partial charge is 0.489 e. The van der Waals surface area contributed by atoms with Crippen LogP contribution in [0.15, 0.2) is 48.5 Å². The molecule has 1 saturated heterocycles. The van der Waals surface area contributed by atoms with Gasteiger partial charge in [0.15, 0.2) is 0 Å². The van der Waals surface area contributed by atoms with E-state index in [4.69, 9.17) is 4.74 Å². The predicted octanol–water partition coefficient (Wildman–Crippen LogP) is 2.50. The topological polar surface area (TPSA) is 58.6 Å². The zero-order chi connectivity index (χ0) is 17.8. The minimum Gasteiger partial charge on any atom is -0.489 e. The summed E-state index contributed by atoms with van der Waals surface area (Å²) < 4.78 is 18.8. The van der Waals surface area contributed by atoms with Crippen molar-refractivity contribution in [2.45, 2.75) is 13.0 Å². The highest BCUT2D eigenvalue weighted by Gasteiger charge is 2.34. The number of carbonyl (C=O) groups is 2. The van der Waals surface area contributed by atoms with Crippen molar-refractivity contribution in [1.29, 1.82) is 0 Å². The summed E-state index contributed by atoms with van der Waals surface area (Å²) in [5.41, 5.74) is 1.47. The Labute approximate surface area is 145 Å². The molecular formula is C19H19FN2O3. The fourth-order valence-electron chi connectivity index (χ4n) is 2.85. The van der Waals surface area contributed by atoms with Crippen molar-refractivity contribution in [2.75, 3.05) is 18.5 Å². The number of nitrogens with one attached hydrogen (secondary N) is 1. The molecule has 0 aromatic heterocycles. The lowest BCUT2D eigenvalue weighted by atomic mass is 10.1. The summed E-state index contributed by atoms with van der Waals surface area (Å²) in [6, 6.07) is 13.3. The van der Waals surface area contributed by atoms with Crippen LogP contribution in [0.25, 0.3) is 0 Å². The van der Waals surface area contributed by atoms with Gasteiger partial charge in [-0.2, -0.15) is 0 Å². The van der Waals surface area contributed by atoms with Crippen molar-refractivity contribution in [3.8, 4) is 5.75 Å². The Morgan fingerprint density at radius 1 is 1.28 bits per heavy atom. The molecule has 6 heteroatoms. The number of carbonyl (C=O) groups excluding carboxylic acids is 2. The predicted molar refractivity (Wildman–Crippen MR) is 91.7 cm³/mol. The number of hydrogen-bond acceptors (Lipinski definition) is 3. The Hall–Kier alpha value is -2.89. The summed E-state index contributed by atoms with van der Waals surface area (Å²) in [4.78, 5) is 25.4. The molecule has 0 radical (unpaired) electrons. The molecule has 1 atom stereocenters. The summed E-state index contributed by atoms with van der Waals surface area (Å²) in [6.07, 6.45) is 0.220. The third-order valence-electron chi connectivity index (χ3n) is 4.19. The lowest BCUT2D eigenvalue weighted by Crippen LogP contribution is -2.30. The zero-order valence-corrected chi connectivity index (χ0v) is 13.9. The van der Waals surface area contributed by atoms with Crippen molar-refractivity contribution in [2.24, 2.45) is 5.92 Å². The summed E-state index contributed by atoms with van der Waals surface area (Å²) in [7, 11) is 1.57. The van der Waals surface area contributed by atoms with Crippen LogP contribution < -0.4 is 15.0 Å². The highest BCUT2D eigenvalue weighted by molar-refractivity contribution is 6.00. The molecule has 2 aromatic rings. The van der Waals surface area contributed by atoms with Crippen LogP contribution in [-0.4, -0.2) is 25.4 Å². The third kappa shape index (κ3) is 3.96. The molecule has 2 aromatic carbocycles. The van der Waals surface area contributed by atoms with Crippen LogP contribution >= 0.6 is 0 Å². The van der Waals surface area contributed by atoms with E-state index in [0.29, 0.717) is 12.3 Å².